The second-order valence-corrected chi connectivity index (χ2v) is 10.6. The molecular weight excluding hydrogens is 338 g/mol. The highest BCUT2D eigenvalue weighted by molar-refractivity contribution is 5.16. The van der Waals surface area contributed by atoms with Crippen molar-refractivity contribution in [3.63, 3.8) is 0 Å². The Morgan fingerprint density at radius 2 is 1.30 bits per heavy atom. The maximum absolute atomic E-state index is 14.8. The van der Waals surface area contributed by atoms with Gasteiger partial charge in [-0.05, 0) is 86.9 Å². The molecule has 0 N–H and O–H groups in total. The zero-order valence-corrected chi connectivity index (χ0v) is 17.5. The molecule has 0 bridgehead atoms. The van der Waals surface area contributed by atoms with Gasteiger partial charge in [-0.3, -0.25) is 0 Å². The van der Waals surface area contributed by atoms with Crippen molar-refractivity contribution in [3.05, 3.63) is 11.6 Å². The van der Waals surface area contributed by atoms with E-state index in [0.717, 1.165) is 42.9 Å². The predicted octanol–water partition coefficient (Wildman–Crippen LogP) is 7.68. The van der Waals surface area contributed by atoms with Crippen molar-refractivity contribution >= 4 is 0 Å². The van der Waals surface area contributed by atoms with Crippen LogP contribution >= 0.6 is 0 Å². The SMILES string of the molecule is CC1CC(C)C(C2=CCC(C3CCC(C4CCCC4)CC3)CC2)C(F)C1F. The number of rotatable bonds is 3. The van der Waals surface area contributed by atoms with Crippen LogP contribution in [0.4, 0.5) is 8.78 Å². The molecule has 154 valence electrons. The topological polar surface area (TPSA) is 0 Å². The maximum atomic E-state index is 14.8. The van der Waals surface area contributed by atoms with E-state index in [0.29, 0.717) is 0 Å². The summed E-state index contributed by atoms with van der Waals surface area (Å²) in [4.78, 5) is 0. The van der Waals surface area contributed by atoms with Crippen LogP contribution in [0.5, 0.6) is 0 Å². The van der Waals surface area contributed by atoms with Crippen LogP contribution in [-0.4, -0.2) is 12.3 Å². The van der Waals surface area contributed by atoms with Gasteiger partial charge in [-0.1, -0.05) is 51.2 Å². The Labute approximate surface area is 165 Å². The third kappa shape index (κ3) is 4.15. The molecule has 3 saturated carbocycles. The summed E-state index contributed by atoms with van der Waals surface area (Å²) in [6, 6.07) is 0. The molecule has 0 aromatic carbocycles. The third-order valence-corrected chi connectivity index (χ3v) is 9.01. The van der Waals surface area contributed by atoms with Gasteiger partial charge in [0.05, 0.1) is 0 Å². The van der Waals surface area contributed by atoms with Crippen LogP contribution in [0.15, 0.2) is 11.6 Å². The fraction of sp³-hybridized carbons (Fsp3) is 0.920. The molecule has 4 rings (SSSR count). The lowest BCUT2D eigenvalue weighted by atomic mass is 9.65. The van der Waals surface area contributed by atoms with Crippen LogP contribution < -0.4 is 0 Å². The van der Waals surface area contributed by atoms with Crippen molar-refractivity contribution in [1.82, 2.24) is 0 Å². The summed E-state index contributed by atoms with van der Waals surface area (Å²) >= 11 is 0. The van der Waals surface area contributed by atoms with Crippen LogP contribution in [0, 0.1) is 41.4 Å². The minimum absolute atomic E-state index is 0.127. The van der Waals surface area contributed by atoms with Crippen LogP contribution in [-0.2, 0) is 0 Å². The first-order valence-electron chi connectivity index (χ1n) is 12.0. The molecule has 2 heteroatoms. The molecule has 0 radical (unpaired) electrons. The van der Waals surface area contributed by atoms with Crippen molar-refractivity contribution in [2.75, 3.05) is 0 Å². The molecule has 0 nitrogen and oxygen atoms in total. The van der Waals surface area contributed by atoms with Crippen LogP contribution in [0.2, 0.25) is 0 Å². The molecule has 0 aliphatic heterocycles. The quantitative estimate of drug-likeness (QED) is 0.442. The Morgan fingerprint density at radius 3 is 1.89 bits per heavy atom. The van der Waals surface area contributed by atoms with E-state index in [1.165, 1.54) is 63.4 Å². The van der Waals surface area contributed by atoms with Crippen molar-refractivity contribution in [2.45, 2.75) is 103 Å². The zero-order valence-electron chi connectivity index (χ0n) is 17.5. The van der Waals surface area contributed by atoms with Crippen molar-refractivity contribution in [2.24, 2.45) is 41.4 Å². The van der Waals surface area contributed by atoms with Gasteiger partial charge in [0, 0.05) is 5.92 Å². The highest BCUT2D eigenvalue weighted by Gasteiger charge is 2.44. The Hall–Kier alpha value is -0.400. The number of alkyl halides is 2. The predicted molar refractivity (Wildman–Crippen MR) is 109 cm³/mol. The van der Waals surface area contributed by atoms with E-state index in [9.17, 15) is 8.78 Å². The van der Waals surface area contributed by atoms with E-state index in [2.05, 4.69) is 13.0 Å². The van der Waals surface area contributed by atoms with Gasteiger partial charge >= 0.3 is 0 Å². The Kier molecular flexibility index (Phi) is 6.29. The van der Waals surface area contributed by atoms with Gasteiger partial charge in [0.15, 0.2) is 0 Å². The largest absolute Gasteiger partial charge is 0.244 e. The van der Waals surface area contributed by atoms with Gasteiger partial charge in [0.1, 0.15) is 12.3 Å². The van der Waals surface area contributed by atoms with E-state index < -0.39 is 12.3 Å². The van der Waals surface area contributed by atoms with E-state index in [1.807, 2.05) is 6.92 Å². The third-order valence-electron chi connectivity index (χ3n) is 9.01. The van der Waals surface area contributed by atoms with Gasteiger partial charge < -0.3 is 0 Å². The molecule has 6 unspecified atom stereocenters. The molecule has 0 amide bonds. The second kappa shape index (κ2) is 8.54. The second-order valence-electron chi connectivity index (χ2n) is 10.6. The van der Waals surface area contributed by atoms with Crippen LogP contribution in [0.25, 0.3) is 0 Å². The summed E-state index contributed by atoms with van der Waals surface area (Å²) in [6.07, 6.45) is 15.6. The standard InChI is InChI=1S/C25H40F2/c1-16-15-17(2)24(26)25(27)23(16)22-13-11-21(12-14-22)20-9-7-19(8-10-20)18-5-3-4-6-18/h13,16-21,23-25H,3-12,14-15H2,1-2H3. The summed E-state index contributed by atoms with van der Waals surface area (Å²) in [5.41, 5.74) is 1.25. The highest BCUT2D eigenvalue weighted by Crippen LogP contribution is 2.48. The number of halogens is 2. The van der Waals surface area contributed by atoms with E-state index in [-0.39, 0.29) is 17.8 Å². The van der Waals surface area contributed by atoms with E-state index in [1.54, 1.807) is 0 Å². The van der Waals surface area contributed by atoms with Gasteiger partial charge in [0.25, 0.3) is 0 Å². The Balaban J connectivity index is 1.31. The Morgan fingerprint density at radius 1 is 0.704 bits per heavy atom. The lowest BCUT2D eigenvalue weighted by molar-refractivity contribution is 0.0110. The average molecular weight is 379 g/mol. The van der Waals surface area contributed by atoms with Gasteiger partial charge in [-0.15, -0.1) is 0 Å². The first-order chi connectivity index (χ1) is 13.0. The minimum atomic E-state index is -1.28. The van der Waals surface area contributed by atoms with Gasteiger partial charge in [-0.25, -0.2) is 8.78 Å². The molecule has 0 saturated heterocycles. The Bertz CT molecular complexity index is 512. The molecule has 0 aromatic rings. The smallest absolute Gasteiger partial charge is 0.138 e. The summed E-state index contributed by atoms with van der Waals surface area (Å²) in [6.45, 7) is 4.01. The van der Waals surface area contributed by atoms with E-state index in [4.69, 9.17) is 0 Å². The molecule has 6 atom stereocenters. The summed E-state index contributed by atoms with van der Waals surface area (Å²) < 4.78 is 29.0. The molecule has 0 aromatic heterocycles. The van der Waals surface area contributed by atoms with Crippen molar-refractivity contribution in [3.8, 4) is 0 Å². The molecule has 4 aliphatic rings. The monoisotopic (exact) mass is 378 g/mol. The fourth-order valence-corrected chi connectivity index (χ4v) is 7.38. The summed E-state index contributed by atoms with van der Waals surface area (Å²) in [5, 5.41) is 0. The number of allylic oxidation sites excluding steroid dienone is 2. The molecule has 27 heavy (non-hydrogen) atoms. The molecule has 0 heterocycles. The lowest BCUT2D eigenvalue weighted by Crippen LogP contribution is -2.42. The van der Waals surface area contributed by atoms with Crippen LogP contribution in [0.1, 0.15) is 90.9 Å². The normalized spacial score (nSPS) is 47.0. The van der Waals surface area contributed by atoms with Gasteiger partial charge in [0.2, 0.25) is 0 Å². The van der Waals surface area contributed by atoms with E-state index >= 15 is 0 Å². The highest BCUT2D eigenvalue weighted by atomic mass is 19.2. The zero-order chi connectivity index (χ0) is 19.0. The van der Waals surface area contributed by atoms with Gasteiger partial charge in [-0.2, -0.15) is 0 Å². The molecular formula is C25H40F2. The molecule has 0 spiro atoms. The first kappa shape index (κ1) is 19.9. The molecule has 3 fully saturated rings. The fourth-order valence-electron chi connectivity index (χ4n) is 7.38. The summed E-state index contributed by atoms with van der Waals surface area (Å²) in [7, 11) is 0. The summed E-state index contributed by atoms with van der Waals surface area (Å²) in [5.74, 6) is 3.74. The lowest BCUT2D eigenvalue weighted by Gasteiger charge is -2.42. The minimum Gasteiger partial charge on any atom is -0.244 e. The van der Waals surface area contributed by atoms with Crippen LogP contribution in [0.3, 0.4) is 0 Å². The number of hydrogen-bond donors (Lipinski definition) is 0. The average Bonchev–Trinajstić information content (AvgIpc) is 3.22. The maximum Gasteiger partial charge on any atom is 0.138 e. The van der Waals surface area contributed by atoms with Crippen molar-refractivity contribution < 1.29 is 8.78 Å². The molecule has 4 aliphatic carbocycles. The first-order valence-corrected chi connectivity index (χ1v) is 12.0. The number of hydrogen-bond acceptors (Lipinski definition) is 0. The van der Waals surface area contributed by atoms with Crippen molar-refractivity contribution in [1.29, 1.82) is 0 Å².